The maximum absolute atomic E-state index is 5.33. The predicted molar refractivity (Wildman–Crippen MR) is 208 cm³/mol. The van der Waals surface area contributed by atoms with Crippen molar-refractivity contribution in [2.24, 2.45) is 15.9 Å². The van der Waals surface area contributed by atoms with E-state index in [4.69, 9.17) is 9.98 Å². The third-order valence-corrected chi connectivity index (χ3v) is 10.9. The molecule has 0 radical (unpaired) electrons. The van der Waals surface area contributed by atoms with E-state index in [-0.39, 0.29) is 12.1 Å². The Bertz CT molecular complexity index is 2420. The van der Waals surface area contributed by atoms with Crippen LogP contribution in [0.5, 0.6) is 0 Å². The Morgan fingerprint density at radius 3 is 2.36 bits per heavy atom. The SMILES string of the molecule is C1=CCC(C2=NC(c3ccccc3)N=C(n3c4c(c5ccc(-c6ccc7c(c6)c6c(n7C7C=CC=CC7)C=CCC6)cc53)C=CCC4)N2)C=C1. The Balaban J connectivity index is 1.12. The zero-order valence-corrected chi connectivity index (χ0v) is 28.0. The molecule has 5 nitrogen and oxygen atoms in total. The lowest BCUT2D eigenvalue weighted by Gasteiger charge is -2.27. The lowest BCUT2D eigenvalue weighted by atomic mass is 9.97. The topological polar surface area (TPSA) is 46.6 Å². The second-order valence-corrected chi connectivity index (χ2v) is 13.9. The van der Waals surface area contributed by atoms with Gasteiger partial charge in [0.2, 0.25) is 5.96 Å². The molecule has 0 spiro atoms. The van der Waals surface area contributed by atoms with E-state index >= 15 is 0 Å². The van der Waals surface area contributed by atoms with Crippen LogP contribution in [-0.2, 0) is 12.8 Å². The van der Waals surface area contributed by atoms with Crippen LogP contribution in [0.3, 0.4) is 0 Å². The van der Waals surface area contributed by atoms with E-state index in [0.29, 0.717) is 6.04 Å². The zero-order valence-electron chi connectivity index (χ0n) is 28.0. The van der Waals surface area contributed by atoms with Crippen molar-refractivity contribution in [1.82, 2.24) is 14.5 Å². The summed E-state index contributed by atoms with van der Waals surface area (Å²) >= 11 is 0. The maximum Gasteiger partial charge on any atom is 0.210 e. The van der Waals surface area contributed by atoms with Gasteiger partial charge < -0.3 is 9.88 Å². The highest BCUT2D eigenvalue weighted by Gasteiger charge is 2.28. The van der Waals surface area contributed by atoms with E-state index in [1.165, 1.54) is 55.4 Å². The van der Waals surface area contributed by atoms with Crippen molar-refractivity contribution in [3.8, 4) is 11.1 Å². The molecule has 1 aliphatic heterocycles. The van der Waals surface area contributed by atoms with Crippen LogP contribution < -0.4 is 5.32 Å². The number of fused-ring (bicyclic) bond motifs is 6. The number of aryl methyl sites for hydroxylation is 1. The van der Waals surface area contributed by atoms with Gasteiger partial charge in [0.05, 0.1) is 11.6 Å². The molecule has 0 saturated heterocycles. The number of nitrogens with one attached hydrogen (secondary N) is 1. The quantitative estimate of drug-likeness (QED) is 0.207. The second kappa shape index (κ2) is 12.0. The Morgan fingerprint density at radius 1 is 0.680 bits per heavy atom. The summed E-state index contributed by atoms with van der Waals surface area (Å²) in [4.78, 5) is 10.5. The van der Waals surface area contributed by atoms with Gasteiger partial charge in [-0.3, -0.25) is 4.57 Å². The van der Waals surface area contributed by atoms with E-state index in [1.807, 2.05) is 0 Å². The summed E-state index contributed by atoms with van der Waals surface area (Å²) in [5.41, 5.74) is 11.5. The minimum atomic E-state index is -0.307. The Morgan fingerprint density at radius 2 is 1.50 bits per heavy atom. The van der Waals surface area contributed by atoms with Crippen LogP contribution in [0.2, 0.25) is 0 Å². The first-order valence-electron chi connectivity index (χ1n) is 18.1. The van der Waals surface area contributed by atoms with Crippen LogP contribution in [0.1, 0.15) is 66.0 Å². The molecule has 0 fully saturated rings. The van der Waals surface area contributed by atoms with Gasteiger partial charge in [-0.25, -0.2) is 9.98 Å². The van der Waals surface area contributed by atoms with Gasteiger partial charge in [-0.1, -0.05) is 115 Å². The lowest BCUT2D eigenvalue weighted by molar-refractivity contribution is 0.621. The number of amidine groups is 1. The summed E-state index contributed by atoms with van der Waals surface area (Å²) in [5.74, 6) is 2.01. The van der Waals surface area contributed by atoms with Gasteiger partial charge in [-0.15, -0.1) is 0 Å². The van der Waals surface area contributed by atoms with Crippen LogP contribution in [0, 0.1) is 5.92 Å². The molecule has 3 unspecified atom stereocenters. The summed E-state index contributed by atoms with van der Waals surface area (Å²) in [5, 5.41) is 6.39. The average molecular weight is 650 g/mol. The van der Waals surface area contributed by atoms with Gasteiger partial charge in [0.15, 0.2) is 6.17 Å². The zero-order chi connectivity index (χ0) is 33.0. The van der Waals surface area contributed by atoms with E-state index in [2.05, 4.69) is 154 Å². The second-order valence-electron chi connectivity index (χ2n) is 13.9. The highest BCUT2D eigenvalue weighted by molar-refractivity contribution is 6.09. The maximum atomic E-state index is 5.33. The number of nitrogens with zero attached hydrogens (tertiary/aromatic N) is 4. The van der Waals surface area contributed by atoms with Gasteiger partial charge >= 0.3 is 0 Å². The van der Waals surface area contributed by atoms with E-state index in [9.17, 15) is 0 Å². The Labute approximate surface area is 292 Å². The fourth-order valence-corrected chi connectivity index (χ4v) is 8.52. The number of benzene rings is 3. The minimum absolute atomic E-state index is 0.185. The van der Waals surface area contributed by atoms with Crippen LogP contribution in [-0.4, -0.2) is 20.9 Å². The lowest BCUT2D eigenvalue weighted by Crippen LogP contribution is -2.43. The molecule has 5 aliphatic rings. The first kappa shape index (κ1) is 29.3. The van der Waals surface area contributed by atoms with Crippen molar-refractivity contribution < 1.29 is 0 Å². The first-order valence-corrected chi connectivity index (χ1v) is 18.1. The molecule has 3 aromatic carbocycles. The molecular weight excluding hydrogens is 611 g/mol. The van der Waals surface area contributed by atoms with Gasteiger partial charge in [-0.05, 0) is 85.1 Å². The number of allylic oxidation sites excluding steroid dienone is 9. The molecule has 244 valence electrons. The molecule has 50 heavy (non-hydrogen) atoms. The molecular formula is C45H39N5. The van der Waals surface area contributed by atoms with Crippen molar-refractivity contribution in [1.29, 1.82) is 0 Å². The largest absolute Gasteiger partial charge is 0.333 e. The minimum Gasteiger partial charge on any atom is -0.333 e. The van der Waals surface area contributed by atoms with Crippen LogP contribution in [0.4, 0.5) is 0 Å². The monoisotopic (exact) mass is 649 g/mol. The fourth-order valence-electron chi connectivity index (χ4n) is 8.52. The highest BCUT2D eigenvalue weighted by Crippen LogP contribution is 2.40. The summed E-state index contributed by atoms with van der Waals surface area (Å²) < 4.78 is 4.96. The third-order valence-electron chi connectivity index (χ3n) is 10.9. The van der Waals surface area contributed by atoms with Crippen molar-refractivity contribution in [3.63, 3.8) is 0 Å². The summed E-state index contributed by atoms with van der Waals surface area (Å²) in [7, 11) is 0. The van der Waals surface area contributed by atoms with Crippen molar-refractivity contribution >= 4 is 45.8 Å². The van der Waals surface area contributed by atoms with Crippen LogP contribution in [0.15, 0.2) is 137 Å². The van der Waals surface area contributed by atoms with E-state index in [1.54, 1.807) is 0 Å². The molecule has 1 N–H and O–H groups in total. The molecule has 0 saturated carbocycles. The van der Waals surface area contributed by atoms with E-state index < -0.39 is 0 Å². The molecule has 0 bridgehead atoms. The Kier molecular flexibility index (Phi) is 7.04. The fraction of sp³-hybridized carbons (Fsp3) is 0.200. The normalized spacial score (nSPS) is 22.0. The number of rotatable bonds is 4. The molecule has 4 aliphatic carbocycles. The van der Waals surface area contributed by atoms with Crippen LogP contribution >= 0.6 is 0 Å². The third kappa shape index (κ3) is 4.83. The highest BCUT2D eigenvalue weighted by atomic mass is 15.3. The molecule has 2 aromatic heterocycles. The predicted octanol–water partition coefficient (Wildman–Crippen LogP) is 10.3. The molecule has 10 rings (SSSR count). The molecule has 5 aromatic rings. The molecule has 3 heterocycles. The summed E-state index contributed by atoms with van der Waals surface area (Å²) in [6, 6.07) is 25.0. The van der Waals surface area contributed by atoms with Gasteiger partial charge in [0.1, 0.15) is 5.84 Å². The van der Waals surface area contributed by atoms with Crippen molar-refractivity contribution in [2.45, 2.75) is 50.7 Å². The number of hydrogen-bond donors (Lipinski definition) is 1. The van der Waals surface area contributed by atoms with Crippen molar-refractivity contribution in [3.05, 3.63) is 156 Å². The van der Waals surface area contributed by atoms with Crippen molar-refractivity contribution in [2.75, 3.05) is 0 Å². The smallest absolute Gasteiger partial charge is 0.210 e. The Hall–Kier alpha value is -5.68. The van der Waals surface area contributed by atoms with Gasteiger partial charge in [0.25, 0.3) is 0 Å². The van der Waals surface area contributed by atoms with Crippen LogP contribution in [0.25, 0.3) is 45.1 Å². The van der Waals surface area contributed by atoms with E-state index in [0.717, 1.165) is 55.9 Å². The summed E-state index contributed by atoms with van der Waals surface area (Å²) in [6.45, 7) is 0. The number of aliphatic imine (C=N–C) groups is 2. The average Bonchev–Trinajstić information content (AvgIpc) is 3.71. The molecule has 0 amide bonds. The standard InChI is InChI=1S/C45H39N5/c1-4-14-30(15-5-1)43-46-44(31-16-6-2-7-17-31)48-45(47-43)50-40-23-13-10-20-35(40)37-26-24-33(29-42(37)50)32-25-27-41-38(28-32)36-21-11-12-22-39(36)49(41)34-18-8-3-9-19-34/h1-10,12,14-16,18,20,22,24-29,31,34,43H,11,13,17,19,21,23H2,(H,46,47,48). The first-order chi connectivity index (χ1) is 24.8. The number of hydrogen-bond acceptors (Lipinski definition) is 3. The van der Waals surface area contributed by atoms with Gasteiger partial charge in [-0.2, -0.15) is 0 Å². The molecule has 3 atom stereocenters. The van der Waals surface area contributed by atoms with Gasteiger partial charge in [0, 0.05) is 39.2 Å². The number of aromatic nitrogens is 2. The molecule has 5 heteroatoms. The summed E-state index contributed by atoms with van der Waals surface area (Å²) in [6.07, 6.45) is 32.8.